The number of fused-ring (bicyclic) bond motifs is 3. The lowest BCUT2D eigenvalue weighted by Crippen LogP contribution is -2.54. The average Bonchev–Trinajstić information content (AvgIpc) is 3.14. The molecule has 0 amide bonds. The first-order chi connectivity index (χ1) is 17.1. The van der Waals surface area contributed by atoms with Crippen LogP contribution in [-0.2, 0) is 6.54 Å². The molecule has 0 spiro atoms. The smallest absolute Gasteiger partial charge is 0.380 e. The van der Waals surface area contributed by atoms with Gasteiger partial charge in [-0.05, 0) is 49.5 Å². The van der Waals surface area contributed by atoms with Crippen LogP contribution in [0.25, 0.3) is 10.9 Å². The number of hydrogen-bond acceptors (Lipinski definition) is 3. The highest BCUT2D eigenvalue weighted by Crippen LogP contribution is 2.42. The van der Waals surface area contributed by atoms with Crippen LogP contribution in [0.15, 0.2) is 42.5 Å². The van der Waals surface area contributed by atoms with E-state index in [-0.39, 0.29) is 11.6 Å². The second-order valence-corrected chi connectivity index (χ2v) is 10.1. The van der Waals surface area contributed by atoms with Crippen LogP contribution >= 0.6 is 0 Å². The van der Waals surface area contributed by atoms with E-state index in [1.807, 2.05) is 28.8 Å². The lowest BCUT2D eigenvalue weighted by Gasteiger charge is -2.42. The van der Waals surface area contributed by atoms with E-state index in [9.17, 15) is 13.2 Å². The number of hydrogen-bond donors (Lipinski definition) is 1. The quantitative estimate of drug-likeness (QED) is 0.388. The fourth-order valence-electron chi connectivity index (χ4n) is 5.61. The van der Waals surface area contributed by atoms with Gasteiger partial charge < -0.3 is 9.88 Å². The molecule has 194 valence electrons. The average molecular weight is 507 g/mol. The van der Waals surface area contributed by atoms with Crippen LogP contribution in [0.3, 0.4) is 0 Å². The summed E-state index contributed by atoms with van der Waals surface area (Å²) < 4.78 is 73.9. The zero-order chi connectivity index (χ0) is 25.6. The Bertz CT molecular complexity index is 1210. The molecule has 0 bridgehead atoms. The van der Waals surface area contributed by atoms with Crippen LogP contribution in [0, 0.1) is 11.6 Å². The van der Waals surface area contributed by atoms with E-state index in [0.717, 1.165) is 43.4 Å². The molecule has 2 aromatic carbocycles. The molecule has 0 unspecified atom stereocenters. The summed E-state index contributed by atoms with van der Waals surface area (Å²) in [5.74, 6) is -1.69. The van der Waals surface area contributed by atoms with Gasteiger partial charge in [0.25, 0.3) is 0 Å². The van der Waals surface area contributed by atoms with Gasteiger partial charge in [-0.1, -0.05) is 31.5 Å². The number of nitrogens with one attached hydrogen (secondary N) is 1. The Morgan fingerprint density at radius 3 is 2.36 bits per heavy atom. The lowest BCUT2D eigenvalue weighted by molar-refractivity contribution is -0.157. The molecular formula is C27H31F5N4. The largest absolute Gasteiger partial charge is 0.401 e. The Hall–Kier alpha value is -2.65. The Balaban J connectivity index is 1.50. The van der Waals surface area contributed by atoms with Crippen LogP contribution in [0.1, 0.15) is 44.0 Å². The highest BCUT2D eigenvalue weighted by atomic mass is 19.4. The molecule has 9 heteroatoms. The Kier molecular flexibility index (Phi) is 6.72. The molecule has 1 saturated heterocycles. The zero-order valence-corrected chi connectivity index (χ0v) is 20.5. The summed E-state index contributed by atoms with van der Waals surface area (Å²) in [6, 6.07) is 9.91. The Morgan fingerprint density at radius 2 is 1.69 bits per heavy atom. The Labute approximate surface area is 207 Å². The molecule has 4 nitrogen and oxygen atoms in total. The van der Waals surface area contributed by atoms with Gasteiger partial charge in [0, 0.05) is 48.1 Å². The van der Waals surface area contributed by atoms with Gasteiger partial charge in [0.05, 0.1) is 18.6 Å². The van der Waals surface area contributed by atoms with E-state index in [1.54, 1.807) is 13.0 Å². The minimum atomic E-state index is -4.51. The standard InChI is InChI=1S/C27H31F5N4/c1-3-4-9-34-14-20(15-34)33-19-11-21(28)25(22(29)12-19)26-24-10-18-7-5-6-8-23(18)35(24)13-17(2)36(26)16-27(30,31)32/h5-8,10-12,17,20,26,33H,3-4,9,13-16H2,1-2H3/t17-,26+/m1/s1. The van der Waals surface area contributed by atoms with Crippen molar-refractivity contribution in [3.8, 4) is 0 Å². The minimum Gasteiger partial charge on any atom is -0.380 e. The molecule has 0 radical (unpaired) electrons. The summed E-state index contributed by atoms with van der Waals surface area (Å²) in [7, 11) is 0. The van der Waals surface area contributed by atoms with Gasteiger partial charge in [0.2, 0.25) is 0 Å². The van der Waals surface area contributed by atoms with Crippen molar-refractivity contribution in [3.63, 3.8) is 0 Å². The number of benzene rings is 2. The molecule has 2 aliphatic rings. The van der Waals surface area contributed by atoms with E-state index in [4.69, 9.17) is 0 Å². The van der Waals surface area contributed by atoms with Gasteiger partial charge in [0.15, 0.2) is 0 Å². The van der Waals surface area contributed by atoms with Gasteiger partial charge in [-0.2, -0.15) is 13.2 Å². The maximum Gasteiger partial charge on any atom is 0.401 e. The van der Waals surface area contributed by atoms with Gasteiger partial charge in [-0.3, -0.25) is 9.80 Å². The number of rotatable bonds is 7. The van der Waals surface area contributed by atoms with Gasteiger partial charge in [-0.15, -0.1) is 0 Å². The van der Waals surface area contributed by atoms with Crippen LogP contribution in [0.5, 0.6) is 0 Å². The van der Waals surface area contributed by atoms with Gasteiger partial charge >= 0.3 is 6.18 Å². The lowest BCUT2D eigenvalue weighted by atomic mass is 9.95. The van der Waals surface area contributed by atoms with Crippen molar-refractivity contribution in [2.45, 2.75) is 57.5 Å². The second kappa shape index (κ2) is 9.67. The summed E-state index contributed by atoms with van der Waals surface area (Å²) in [5, 5.41) is 4.00. The molecule has 1 N–H and O–H groups in total. The third kappa shape index (κ3) is 4.83. The van der Waals surface area contributed by atoms with Gasteiger partial charge in [0.1, 0.15) is 11.6 Å². The van der Waals surface area contributed by atoms with Crippen LogP contribution in [0.4, 0.5) is 27.6 Å². The number of para-hydroxylation sites is 1. The van der Waals surface area contributed by atoms with E-state index in [2.05, 4.69) is 17.1 Å². The van der Waals surface area contributed by atoms with Crippen LogP contribution in [0.2, 0.25) is 0 Å². The predicted molar refractivity (Wildman–Crippen MR) is 131 cm³/mol. The zero-order valence-electron chi connectivity index (χ0n) is 20.5. The van der Waals surface area contributed by atoms with Crippen molar-refractivity contribution < 1.29 is 22.0 Å². The number of unbranched alkanes of at least 4 members (excludes halogenated alkanes) is 1. The SMILES string of the molecule is CCCCN1CC(Nc2cc(F)c([C@@H]3c4cc5ccccc5n4C[C@@H](C)N3CC(F)(F)F)c(F)c2)C1. The van der Waals surface area contributed by atoms with Crippen molar-refractivity contribution in [1.82, 2.24) is 14.4 Å². The first-order valence-corrected chi connectivity index (χ1v) is 12.5. The maximum atomic E-state index is 15.6. The van der Waals surface area contributed by atoms with E-state index >= 15 is 8.78 Å². The van der Waals surface area contributed by atoms with Crippen molar-refractivity contribution in [1.29, 1.82) is 0 Å². The molecule has 2 atom stereocenters. The normalized spacial score (nSPS) is 21.5. The summed E-state index contributed by atoms with van der Waals surface area (Å²) in [6.07, 6.45) is -2.30. The number of likely N-dealkylation sites (tertiary alicyclic amines) is 1. The van der Waals surface area contributed by atoms with Crippen molar-refractivity contribution in [3.05, 3.63) is 65.4 Å². The molecular weight excluding hydrogens is 475 g/mol. The topological polar surface area (TPSA) is 23.4 Å². The molecule has 2 aliphatic heterocycles. The van der Waals surface area contributed by atoms with E-state index < -0.39 is 36.4 Å². The molecule has 1 fully saturated rings. The molecule has 3 heterocycles. The van der Waals surface area contributed by atoms with Crippen molar-refractivity contribution in [2.24, 2.45) is 0 Å². The van der Waals surface area contributed by atoms with E-state index in [0.29, 0.717) is 17.9 Å². The highest BCUT2D eigenvalue weighted by molar-refractivity contribution is 5.82. The van der Waals surface area contributed by atoms with Gasteiger partial charge in [-0.25, -0.2) is 8.78 Å². The number of halogens is 5. The third-order valence-corrected chi connectivity index (χ3v) is 7.34. The fraction of sp³-hybridized carbons (Fsp3) is 0.481. The molecule has 0 aliphatic carbocycles. The monoisotopic (exact) mass is 506 g/mol. The number of anilines is 1. The highest BCUT2D eigenvalue weighted by Gasteiger charge is 2.43. The second-order valence-electron chi connectivity index (χ2n) is 10.1. The summed E-state index contributed by atoms with van der Waals surface area (Å²) in [6.45, 7) is 5.44. The fourth-order valence-corrected chi connectivity index (χ4v) is 5.61. The molecule has 3 aromatic rings. The third-order valence-electron chi connectivity index (χ3n) is 7.34. The van der Waals surface area contributed by atoms with Crippen LogP contribution in [-0.4, -0.2) is 58.8 Å². The first-order valence-electron chi connectivity index (χ1n) is 12.5. The summed E-state index contributed by atoms with van der Waals surface area (Å²) in [5.41, 5.74) is 1.26. The number of alkyl halides is 3. The maximum absolute atomic E-state index is 15.6. The van der Waals surface area contributed by atoms with E-state index in [1.165, 1.54) is 17.0 Å². The number of aromatic nitrogens is 1. The first kappa shape index (κ1) is 25.0. The minimum absolute atomic E-state index is 0.0884. The molecule has 5 rings (SSSR count). The number of nitrogens with zero attached hydrogens (tertiary/aromatic N) is 3. The van der Waals surface area contributed by atoms with Crippen LogP contribution < -0.4 is 5.32 Å². The predicted octanol–water partition coefficient (Wildman–Crippen LogP) is 6.17. The Morgan fingerprint density at radius 1 is 1.00 bits per heavy atom. The molecule has 1 aromatic heterocycles. The van der Waals surface area contributed by atoms with Crippen molar-refractivity contribution in [2.75, 3.05) is 31.5 Å². The summed E-state index contributed by atoms with van der Waals surface area (Å²) >= 11 is 0. The summed E-state index contributed by atoms with van der Waals surface area (Å²) in [4.78, 5) is 3.44. The molecule has 36 heavy (non-hydrogen) atoms. The molecule has 0 saturated carbocycles. The van der Waals surface area contributed by atoms with Crippen molar-refractivity contribution >= 4 is 16.6 Å².